The van der Waals surface area contributed by atoms with Gasteiger partial charge in [0, 0.05) is 0 Å². The van der Waals surface area contributed by atoms with Crippen molar-refractivity contribution in [1.82, 2.24) is 0 Å². The second-order valence-corrected chi connectivity index (χ2v) is 4.04. The van der Waals surface area contributed by atoms with Crippen LogP contribution >= 0.6 is 0 Å². The first-order chi connectivity index (χ1) is 8.27. The van der Waals surface area contributed by atoms with E-state index in [4.69, 9.17) is 18.9 Å². The molecule has 0 spiro atoms. The fraction of sp³-hybridized carbons (Fsp3) is 0.818. The zero-order chi connectivity index (χ0) is 12.1. The molecule has 0 aromatic carbocycles. The zero-order valence-electron chi connectivity index (χ0n) is 9.55. The van der Waals surface area contributed by atoms with Gasteiger partial charge in [-0.1, -0.05) is 0 Å². The van der Waals surface area contributed by atoms with E-state index in [9.17, 15) is 9.59 Å². The van der Waals surface area contributed by atoms with E-state index in [-0.39, 0.29) is 24.1 Å². The van der Waals surface area contributed by atoms with E-state index in [1.807, 2.05) is 0 Å². The van der Waals surface area contributed by atoms with E-state index in [1.165, 1.54) is 0 Å². The number of ether oxygens (including phenoxy) is 4. The Labute approximate surface area is 99.2 Å². The predicted molar refractivity (Wildman–Crippen MR) is 55.2 cm³/mol. The third-order valence-corrected chi connectivity index (χ3v) is 2.47. The van der Waals surface area contributed by atoms with Gasteiger partial charge >= 0.3 is 11.9 Å². The van der Waals surface area contributed by atoms with Crippen LogP contribution in [0.1, 0.15) is 19.3 Å². The third-order valence-electron chi connectivity index (χ3n) is 2.47. The van der Waals surface area contributed by atoms with Crippen molar-refractivity contribution in [1.29, 1.82) is 0 Å². The van der Waals surface area contributed by atoms with Crippen molar-refractivity contribution in [3.63, 3.8) is 0 Å². The van der Waals surface area contributed by atoms with Crippen LogP contribution in [0, 0.1) is 0 Å². The van der Waals surface area contributed by atoms with E-state index in [0.717, 1.165) is 19.3 Å². The molecule has 96 valence electrons. The van der Waals surface area contributed by atoms with Crippen LogP contribution in [0.15, 0.2) is 0 Å². The summed E-state index contributed by atoms with van der Waals surface area (Å²) in [7, 11) is 0. The fourth-order valence-electron chi connectivity index (χ4n) is 1.28. The number of carbonyl (C=O) groups excluding carboxylic acids is 2. The van der Waals surface area contributed by atoms with Crippen LogP contribution in [0.2, 0.25) is 0 Å². The van der Waals surface area contributed by atoms with Crippen molar-refractivity contribution in [2.75, 3.05) is 26.4 Å². The Morgan fingerprint density at radius 2 is 1.29 bits per heavy atom. The summed E-state index contributed by atoms with van der Waals surface area (Å²) in [6.45, 7) is 1.77. The molecular weight excluding hydrogens is 228 g/mol. The van der Waals surface area contributed by atoms with Gasteiger partial charge in [-0.2, -0.15) is 0 Å². The summed E-state index contributed by atoms with van der Waals surface area (Å²) in [6.07, 6.45) is 1.76. The van der Waals surface area contributed by atoms with Crippen LogP contribution in [-0.4, -0.2) is 50.6 Å². The first kappa shape index (κ1) is 12.3. The van der Waals surface area contributed by atoms with E-state index < -0.39 is 0 Å². The van der Waals surface area contributed by atoms with E-state index in [2.05, 4.69) is 0 Å². The molecule has 2 aliphatic heterocycles. The molecule has 6 nitrogen and oxygen atoms in total. The molecular formula is C11H16O6. The Balaban J connectivity index is 1.36. The van der Waals surface area contributed by atoms with Crippen LogP contribution in [-0.2, 0) is 28.5 Å². The van der Waals surface area contributed by atoms with Crippen molar-refractivity contribution in [2.45, 2.75) is 31.5 Å². The Kier molecular flexibility index (Phi) is 4.33. The molecule has 0 aliphatic carbocycles. The summed E-state index contributed by atoms with van der Waals surface area (Å²) >= 11 is 0. The van der Waals surface area contributed by atoms with Crippen LogP contribution in [0.25, 0.3) is 0 Å². The van der Waals surface area contributed by atoms with Crippen LogP contribution in [0.5, 0.6) is 0 Å². The third kappa shape index (κ3) is 4.70. The van der Waals surface area contributed by atoms with E-state index in [0.29, 0.717) is 26.4 Å². The number of rotatable bonds is 8. The van der Waals surface area contributed by atoms with Crippen molar-refractivity contribution >= 4 is 11.9 Å². The average Bonchev–Trinajstić information content (AvgIpc) is 3.20. The van der Waals surface area contributed by atoms with Gasteiger partial charge in [0.25, 0.3) is 0 Å². The van der Waals surface area contributed by atoms with Gasteiger partial charge in [0.2, 0.25) is 0 Å². The van der Waals surface area contributed by atoms with Crippen molar-refractivity contribution in [3.05, 3.63) is 0 Å². The number of unbranched alkanes of at least 4 members (excludes halogenated alkanes) is 2. The molecule has 17 heavy (non-hydrogen) atoms. The van der Waals surface area contributed by atoms with E-state index >= 15 is 0 Å². The van der Waals surface area contributed by atoms with Crippen molar-refractivity contribution < 1.29 is 28.5 Å². The lowest BCUT2D eigenvalue weighted by molar-refractivity contribution is -0.145. The van der Waals surface area contributed by atoms with Gasteiger partial charge < -0.3 is 18.9 Å². The molecule has 0 aromatic heterocycles. The quantitative estimate of drug-likeness (QED) is 0.341. The number of epoxide rings is 2. The maximum absolute atomic E-state index is 11.0. The molecule has 2 rings (SSSR count). The molecule has 0 N–H and O–H groups in total. The summed E-state index contributed by atoms with van der Waals surface area (Å²) in [6, 6.07) is 0. The Morgan fingerprint density at radius 1 is 0.882 bits per heavy atom. The maximum Gasteiger partial charge on any atom is 0.337 e. The average molecular weight is 244 g/mol. The largest absolute Gasteiger partial charge is 0.464 e. The predicted octanol–water partition coefficient (Wildman–Crippen LogP) is 0.0407. The molecule has 2 atom stereocenters. The molecule has 2 fully saturated rings. The Hall–Kier alpha value is -1.14. The van der Waals surface area contributed by atoms with E-state index in [1.54, 1.807) is 0 Å². The first-order valence-electron chi connectivity index (χ1n) is 5.84. The highest BCUT2D eigenvalue weighted by Crippen LogP contribution is 2.12. The lowest BCUT2D eigenvalue weighted by Crippen LogP contribution is -2.13. The van der Waals surface area contributed by atoms with Crippen LogP contribution < -0.4 is 0 Å². The smallest absolute Gasteiger partial charge is 0.337 e. The highest BCUT2D eigenvalue weighted by molar-refractivity contribution is 5.77. The standard InChI is InChI=1S/C11H16O6/c12-10(8-6-16-8)14-4-2-1-3-5-15-11(13)9-7-17-9/h8-9H,1-7H2. The summed E-state index contributed by atoms with van der Waals surface area (Å²) in [5, 5.41) is 0. The molecule has 0 bridgehead atoms. The summed E-state index contributed by atoms with van der Waals surface area (Å²) < 4.78 is 19.5. The molecule has 2 unspecified atom stereocenters. The molecule has 2 heterocycles. The maximum atomic E-state index is 11.0. The number of esters is 2. The fourth-order valence-corrected chi connectivity index (χ4v) is 1.28. The second kappa shape index (κ2) is 5.97. The number of hydrogen-bond donors (Lipinski definition) is 0. The SMILES string of the molecule is O=C(OCCCCCOC(=O)C1CO1)C1CO1. The first-order valence-corrected chi connectivity index (χ1v) is 5.84. The van der Waals surface area contributed by atoms with Crippen LogP contribution in [0.3, 0.4) is 0 Å². The minimum Gasteiger partial charge on any atom is -0.464 e. The van der Waals surface area contributed by atoms with Gasteiger partial charge in [0.1, 0.15) is 0 Å². The Bertz CT molecular complexity index is 254. The molecule has 0 aromatic rings. The van der Waals surface area contributed by atoms with Gasteiger partial charge in [-0.15, -0.1) is 0 Å². The van der Waals surface area contributed by atoms with Crippen LogP contribution in [0.4, 0.5) is 0 Å². The van der Waals surface area contributed by atoms with Crippen molar-refractivity contribution in [2.24, 2.45) is 0 Å². The minimum absolute atomic E-state index is 0.276. The number of hydrogen-bond acceptors (Lipinski definition) is 6. The lowest BCUT2D eigenvalue weighted by atomic mass is 10.2. The zero-order valence-corrected chi connectivity index (χ0v) is 9.55. The second-order valence-electron chi connectivity index (χ2n) is 4.04. The molecule has 2 saturated heterocycles. The molecule has 0 amide bonds. The molecule has 0 radical (unpaired) electrons. The lowest BCUT2D eigenvalue weighted by Gasteiger charge is -2.04. The highest BCUT2D eigenvalue weighted by atomic mass is 16.6. The van der Waals surface area contributed by atoms with Crippen molar-refractivity contribution in [3.8, 4) is 0 Å². The van der Waals surface area contributed by atoms with Gasteiger partial charge in [-0.3, -0.25) is 0 Å². The molecule has 6 heteroatoms. The molecule has 2 aliphatic rings. The van der Waals surface area contributed by atoms with Gasteiger partial charge in [-0.25, -0.2) is 9.59 Å². The van der Waals surface area contributed by atoms with Gasteiger partial charge in [0.05, 0.1) is 26.4 Å². The van der Waals surface area contributed by atoms with Gasteiger partial charge in [0.15, 0.2) is 12.2 Å². The minimum atomic E-state index is -0.325. The number of carbonyl (C=O) groups is 2. The summed E-state index contributed by atoms with van der Waals surface area (Å²) in [4.78, 5) is 22.1. The topological polar surface area (TPSA) is 77.7 Å². The summed E-state index contributed by atoms with van der Waals surface area (Å²) in [5.41, 5.74) is 0. The molecule has 0 saturated carbocycles. The monoisotopic (exact) mass is 244 g/mol. The Morgan fingerprint density at radius 3 is 1.65 bits per heavy atom. The van der Waals surface area contributed by atoms with Gasteiger partial charge in [-0.05, 0) is 19.3 Å². The summed E-state index contributed by atoms with van der Waals surface area (Å²) in [5.74, 6) is -0.551. The normalized spacial score (nSPS) is 25.2. The highest BCUT2D eigenvalue weighted by Gasteiger charge is 2.33.